The molecule has 1 heterocycles. The fourth-order valence-electron chi connectivity index (χ4n) is 3.45. The lowest BCUT2D eigenvalue weighted by atomic mass is 10.0. The van der Waals surface area contributed by atoms with Gasteiger partial charge in [0.05, 0.1) is 0 Å². The number of aromatic amines is 1. The number of ether oxygens (including phenoxy) is 1. The molecule has 162 valence electrons. The highest BCUT2D eigenvalue weighted by Crippen LogP contribution is 2.21. The Kier molecular flexibility index (Phi) is 6.75. The first-order valence-corrected chi connectivity index (χ1v) is 11.2. The summed E-state index contributed by atoms with van der Waals surface area (Å²) in [7, 11) is 0. The van der Waals surface area contributed by atoms with Gasteiger partial charge in [0.1, 0.15) is 11.8 Å². The number of amides is 2. The first kappa shape index (κ1) is 21.9. The normalized spacial score (nSPS) is 11.7. The summed E-state index contributed by atoms with van der Waals surface area (Å²) in [5.74, 6) is 0.0883. The summed E-state index contributed by atoms with van der Waals surface area (Å²) in [4.78, 5) is 28.9. The summed E-state index contributed by atoms with van der Waals surface area (Å²) in [6, 6.07) is 21.5. The number of fused-ring (bicyclic) bond motifs is 1. The smallest absolute Gasteiger partial charge is 0.410 e. The van der Waals surface area contributed by atoms with Crippen molar-refractivity contribution in [3.05, 3.63) is 93.7 Å². The summed E-state index contributed by atoms with van der Waals surface area (Å²) >= 11 is 2.25. The molecule has 0 spiro atoms. The summed E-state index contributed by atoms with van der Waals surface area (Å²) in [6.07, 6.45) is 1.49. The van der Waals surface area contributed by atoms with E-state index in [1.807, 2.05) is 61.7 Å². The number of hydrogen-bond donors (Lipinski definition) is 3. The minimum absolute atomic E-state index is 0.309. The zero-order valence-electron chi connectivity index (χ0n) is 17.4. The lowest BCUT2D eigenvalue weighted by Crippen LogP contribution is -2.46. The van der Waals surface area contributed by atoms with Crippen LogP contribution in [0.4, 0.5) is 10.5 Å². The number of aryl methyl sites for hydroxylation is 1. The molecule has 7 heteroatoms. The van der Waals surface area contributed by atoms with Crippen LogP contribution in [0.2, 0.25) is 0 Å². The van der Waals surface area contributed by atoms with E-state index in [-0.39, 0.29) is 5.91 Å². The van der Waals surface area contributed by atoms with Gasteiger partial charge in [0.15, 0.2) is 0 Å². The molecule has 3 N–H and O–H groups in total. The summed E-state index contributed by atoms with van der Waals surface area (Å²) in [6.45, 7) is 1.98. The van der Waals surface area contributed by atoms with Crippen LogP contribution >= 0.6 is 22.6 Å². The maximum absolute atomic E-state index is 13.2. The molecule has 4 rings (SSSR count). The van der Waals surface area contributed by atoms with E-state index in [0.717, 1.165) is 25.6 Å². The number of aromatic nitrogens is 1. The fraction of sp³-hybridized carbons (Fsp3) is 0.120. The molecule has 6 nitrogen and oxygen atoms in total. The Morgan fingerprint density at radius 3 is 2.56 bits per heavy atom. The van der Waals surface area contributed by atoms with Gasteiger partial charge >= 0.3 is 6.09 Å². The number of rotatable bonds is 6. The van der Waals surface area contributed by atoms with Crippen molar-refractivity contribution in [2.24, 2.45) is 0 Å². The van der Waals surface area contributed by atoms with Crippen molar-refractivity contribution < 1.29 is 14.3 Å². The number of para-hydroxylation sites is 2. The average Bonchev–Trinajstić information content (AvgIpc) is 3.19. The molecule has 0 aliphatic rings. The fourth-order valence-corrected chi connectivity index (χ4v) is 3.78. The van der Waals surface area contributed by atoms with Gasteiger partial charge in [-0.25, -0.2) is 4.79 Å². The SMILES string of the molecule is Cc1cc(NC(=O)[C@H](Cc2c[nH]c3ccccc23)NC(=O)Oc2ccccc2)ccc1I. The first-order chi connectivity index (χ1) is 15.5. The first-order valence-electron chi connectivity index (χ1n) is 10.1. The Balaban J connectivity index is 1.55. The summed E-state index contributed by atoms with van der Waals surface area (Å²) in [5, 5.41) is 6.65. The molecule has 1 aromatic heterocycles. The second kappa shape index (κ2) is 9.86. The van der Waals surface area contributed by atoms with Crippen LogP contribution < -0.4 is 15.4 Å². The van der Waals surface area contributed by atoms with Crippen molar-refractivity contribution in [3.63, 3.8) is 0 Å². The van der Waals surface area contributed by atoms with Gasteiger partial charge in [-0.05, 0) is 77.0 Å². The Morgan fingerprint density at radius 2 is 1.78 bits per heavy atom. The van der Waals surface area contributed by atoms with Crippen LogP contribution in [-0.2, 0) is 11.2 Å². The number of anilines is 1. The van der Waals surface area contributed by atoms with Gasteiger partial charge in [0, 0.05) is 32.8 Å². The van der Waals surface area contributed by atoms with Crippen LogP contribution in [0.15, 0.2) is 79.0 Å². The molecule has 0 saturated carbocycles. The maximum Gasteiger partial charge on any atom is 0.413 e. The van der Waals surface area contributed by atoms with E-state index in [4.69, 9.17) is 4.74 Å². The van der Waals surface area contributed by atoms with Gasteiger partial charge in [-0.1, -0.05) is 36.4 Å². The number of carbonyl (C=O) groups excluding carboxylic acids is 2. The van der Waals surface area contributed by atoms with E-state index in [9.17, 15) is 9.59 Å². The van der Waals surface area contributed by atoms with E-state index >= 15 is 0 Å². The summed E-state index contributed by atoms with van der Waals surface area (Å²) in [5.41, 5.74) is 3.64. The van der Waals surface area contributed by atoms with Gasteiger partial charge < -0.3 is 20.4 Å². The highest BCUT2D eigenvalue weighted by molar-refractivity contribution is 14.1. The van der Waals surface area contributed by atoms with Gasteiger partial charge in [-0.15, -0.1) is 0 Å². The largest absolute Gasteiger partial charge is 0.413 e. The third kappa shape index (κ3) is 5.28. The van der Waals surface area contributed by atoms with Crippen molar-refractivity contribution in [1.82, 2.24) is 10.3 Å². The molecule has 3 aromatic carbocycles. The molecule has 0 aliphatic heterocycles. The second-order valence-corrected chi connectivity index (χ2v) is 8.58. The zero-order valence-corrected chi connectivity index (χ0v) is 19.6. The van der Waals surface area contributed by atoms with Crippen LogP contribution in [-0.4, -0.2) is 23.0 Å². The Labute approximate surface area is 199 Å². The number of halogens is 1. The van der Waals surface area contributed by atoms with Crippen molar-refractivity contribution in [3.8, 4) is 5.75 Å². The molecular formula is C25H22IN3O3. The molecule has 0 saturated heterocycles. The number of benzene rings is 3. The number of H-pyrrole nitrogens is 1. The predicted octanol–water partition coefficient (Wildman–Crippen LogP) is 5.42. The van der Waals surface area contributed by atoms with Gasteiger partial charge in [0.25, 0.3) is 0 Å². The number of hydrogen-bond acceptors (Lipinski definition) is 3. The Bertz CT molecular complexity index is 1250. The van der Waals surface area contributed by atoms with Crippen molar-refractivity contribution in [1.29, 1.82) is 0 Å². The minimum atomic E-state index is -0.829. The standard InChI is InChI=1S/C25H22IN3O3/c1-16-13-18(11-12-21(16)26)28-24(30)23(29-25(31)32-19-7-3-2-4-8-19)14-17-15-27-22-10-6-5-9-20(17)22/h2-13,15,23,27H,14H2,1H3,(H,28,30)(H,29,31)/t23-/m0/s1. The number of nitrogens with one attached hydrogen (secondary N) is 3. The zero-order chi connectivity index (χ0) is 22.5. The Morgan fingerprint density at radius 1 is 1.03 bits per heavy atom. The van der Waals surface area contributed by atoms with Crippen LogP contribution in [0.1, 0.15) is 11.1 Å². The molecule has 0 bridgehead atoms. The van der Waals surface area contributed by atoms with Gasteiger partial charge in [0.2, 0.25) is 5.91 Å². The Hall–Kier alpha value is -3.33. The van der Waals surface area contributed by atoms with E-state index in [2.05, 4.69) is 38.2 Å². The van der Waals surface area contributed by atoms with E-state index in [0.29, 0.717) is 17.9 Å². The number of carbonyl (C=O) groups is 2. The minimum Gasteiger partial charge on any atom is -0.410 e. The molecule has 0 unspecified atom stereocenters. The third-order valence-electron chi connectivity index (χ3n) is 5.09. The van der Waals surface area contributed by atoms with E-state index < -0.39 is 12.1 Å². The van der Waals surface area contributed by atoms with E-state index in [1.54, 1.807) is 24.3 Å². The molecule has 1 atom stereocenters. The van der Waals surface area contributed by atoms with Crippen LogP contribution in [0.5, 0.6) is 5.75 Å². The second-order valence-electron chi connectivity index (χ2n) is 7.42. The molecule has 0 aliphatic carbocycles. The molecular weight excluding hydrogens is 517 g/mol. The molecule has 2 amide bonds. The van der Waals surface area contributed by atoms with Crippen molar-refractivity contribution in [2.45, 2.75) is 19.4 Å². The third-order valence-corrected chi connectivity index (χ3v) is 6.30. The monoisotopic (exact) mass is 539 g/mol. The topological polar surface area (TPSA) is 83.2 Å². The maximum atomic E-state index is 13.2. The quantitative estimate of drug-likeness (QED) is 0.286. The van der Waals surface area contributed by atoms with Gasteiger partial charge in [-0.3, -0.25) is 4.79 Å². The van der Waals surface area contributed by atoms with Crippen LogP contribution in [0.3, 0.4) is 0 Å². The highest BCUT2D eigenvalue weighted by Gasteiger charge is 2.24. The highest BCUT2D eigenvalue weighted by atomic mass is 127. The molecule has 0 radical (unpaired) electrons. The van der Waals surface area contributed by atoms with Gasteiger partial charge in [-0.2, -0.15) is 0 Å². The van der Waals surface area contributed by atoms with Crippen LogP contribution in [0.25, 0.3) is 10.9 Å². The van der Waals surface area contributed by atoms with Crippen molar-refractivity contribution >= 4 is 51.2 Å². The average molecular weight is 539 g/mol. The lowest BCUT2D eigenvalue weighted by Gasteiger charge is -2.18. The molecule has 4 aromatic rings. The lowest BCUT2D eigenvalue weighted by molar-refractivity contribution is -0.118. The predicted molar refractivity (Wildman–Crippen MR) is 134 cm³/mol. The van der Waals surface area contributed by atoms with E-state index in [1.165, 1.54) is 0 Å². The summed E-state index contributed by atoms with van der Waals surface area (Å²) < 4.78 is 6.46. The molecule has 0 fully saturated rings. The van der Waals surface area contributed by atoms with Crippen molar-refractivity contribution in [2.75, 3.05) is 5.32 Å². The van der Waals surface area contributed by atoms with Crippen LogP contribution in [0, 0.1) is 10.5 Å². The molecule has 32 heavy (non-hydrogen) atoms.